The molecule has 0 saturated heterocycles. The summed E-state index contributed by atoms with van der Waals surface area (Å²) in [6.07, 6.45) is 17.9. The number of aryl methyl sites for hydroxylation is 1. The van der Waals surface area contributed by atoms with Crippen molar-refractivity contribution in [3.05, 3.63) is 76.8 Å². The molecule has 200 valence electrons. The van der Waals surface area contributed by atoms with Gasteiger partial charge in [0.25, 0.3) is 0 Å². The molecule has 5 rings (SSSR count). The molecule has 2 atom stereocenters. The molecule has 9 heteroatoms. The van der Waals surface area contributed by atoms with Crippen molar-refractivity contribution in [3.8, 4) is 11.4 Å². The average Bonchev–Trinajstić information content (AvgIpc) is 3.50. The number of ketones is 1. The van der Waals surface area contributed by atoms with Gasteiger partial charge >= 0.3 is 5.69 Å². The zero-order valence-electron chi connectivity index (χ0n) is 22.3. The summed E-state index contributed by atoms with van der Waals surface area (Å²) < 4.78 is 3.83. The Hall–Kier alpha value is -3.75. The fraction of sp³-hybridized carbons (Fsp3) is 0.483. The predicted octanol–water partition coefficient (Wildman–Crippen LogP) is 4.45. The molecular formula is C29H37N7O2. The van der Waals surface area contributed by atoms with Crippen molar-refractivity contribution in [2.45, 2.75) is 83.2 Å². The molecule has 1 aromatic carbocycles. The van der Waals surface area contributed by atoms with Crippen LogP contribution in [0.4, 0.5) is 0 Å². The van der Waals surface area contributed by atoms with E-state index in [0.717, 1.165) is 68.2 Å². The number of carbonyl (C=O) groups is 1. The molecule has 1 aliphatic heterocycles. The number of nitrogens with one attached hydrogen (secondary N) is 2. The number of benzene rings is 1. The molecule has 3 aromatic rings. The summed E-state index contributed by atoms with van der Waals surface area (Å²) in [5, 5.41) is 17.5. The summed E-state index contributed by atoms with van der Waals surface area (Å²) >= 11 is 0. The van der Waals surface area contributed by atoms with Crippen LogP contribution >= 0.6 is 0 Å². The number of tetrazole rings is 1. The maximum atomic E-state index is 14.2. The number of allylic oxidation sites excluding steroid dienone is 2. The molecule has 2 N–H and O–H groups in total. The van der Waals surface area contributed by atoms with Crippen molar-refractivity contribution in [2.75, 3.05) is 0 Å². The van der Waals surface area contributed by atoms with Gasteiger partial charge in [-0.15, -0.1) is 5.10 Å². The second kappa shape index (κ2) is 11.3. The highest BCUT2D eigenvalue weighted by molar-refractivity contribution is 5.78. The molecule has 38 heavy (non-hydrogen) atoms. The largest absolute Gasteiger partial charge is 0.368 e. The van der Waals surface area contributed by atoms with Crippen molar-refractivity contribution >= 4 is 5.78 Å². The summed E-state index contributed by atoms with van der Waals surface area (Å²) in [6, 6.07) is 8.04. The van der Waals surface area contributed by atoms with Gasteiger partial charge < -0.3 is 5.32 Å². The molecule has 9 nitrogen and oxygen atoms in total. The molecule has 1 saturated carbocycles. The normalized spacial score (nSPS) is 20.7. The zero-order chi connectivity index (χ0) is 26.5. The molecule has 0 bridgehead atoms. The highest BCUT2D eigenvalue weighted by Crippen LogP contribution is 2.35. The number of H-pyrrole nitrogens is 1. The Labute approximate surface area is 223 Å². The first kappa shape index (κ1) is 25.9. The standard InChI is InChI=1S/C29H37N7O2/c1-3-4-11-24-19-35(26-13-7-5-6-12-25(26)21(2)37)28(38)36(24)20-29(14-16-30-17-15-29)23-10-8-9-22(18-23)27-31-33-34-32-27/h8-10,14-19,25-26,30H,3-7,11-13,20H2,1-2H3,(H,31,32,33,34). The van der Waals surface area contributed by atoms with Gasteiger partial charge in [-0.1, -0.05) is 63.0 Å². The number of dihydropyridines is 1. The lowest BCUT2D eigenvalue weighted by Gasteiger charge is -2.31. The minimum absolute atomic E-state index is 0.0236. The van der Waals surface area contributed by atoms with Crippen LogP contribution in [0.15, 0.2) is 59.8 Å². The Bertz CT molecular complexity index is 1350. The van der Waals surface area contributed by atoms with Crippen LogP contribution in [0.1, 0.15) is 76.1 Å². The van der Waals surface area contributed by atoms with Crippen molar-refractivity contribution in [1.29, 1.82) is 0 Å². The van der Waals surface area contributed by atoms with Crippen molar-refractivity contribution in [3.63, 3.8) is 0 Å². The van der Waals surface area contributed by atoms with Crippen LogP contribution in [0, 0.1) is 5.92 Å². The van der Waals surface area contributed by atoms with E-state index in [1.54, 1.807) is 6.92 Å². The minimum atomic E-state index is -0.547. The van der Waals surface area contributed by atoms with Gasteiger partial charge in [-0.05, 0) is 67.1 Å². The molecular weight excluding hydrogens is 478 g/mol. The van der Waals surface area contributed by atoms with Gasteiger partial charge in [0, 0.05) is 36.0 Å². The Morgan fingerprint density at radius 1 is 1.16 bits per heavy atom. The molecule has 0 amide bonds. The second-order valence-corrected chi connectivity index (χ2v) is 10.6. The van der Waals surface area contributed by atoms with E-state index in [4.69, 9.17) is 0 Å². The minimum Gasteiger partial charge on any atom is -0.368 e. The number of unbranched alkanes of at least 4 members (excludes halogenated alkanes) is 1. The van der Waals surface area contributed by atoms with Gasteiger partial charge in [-0.25, -0.2) is 9.89 Å². The van der Waals surface area contributed by atoms with E-state index in [-0.39, 0.29) is 23.4 Å². The number of imidazole rings is 1. The Morgan fingerprint density at radius 3 is 2.71 bits per heavy atom. The van der Waals surface area contributed by atoms with Crippen LogP contribution in [0.2, 0.25) is 0 Å². The number of Topliss-reactive ketones (excluding diaryl/α,β-unsaturated/α-hetero) is 1. The fourth-order valence-corrected chi connectivity index (χ4v) is 6.00. The SMILES string of the molecule is CCCCc1cn(C2CCCCCC2C(C)=O)c(=O)n1CC1(c2cccc(-c3nnn[nH]3)c2)C=CNC=C1. The number of carbonyl (C=O) groups excluding carboxylic acids is 1. The zero-order valence-corrected chi connectivity index (χ0v) is 22.3. The molecule has 2 aromatic heterocycles. The monoisotopic (exact) mass is 515 g/mol. The van der Waals surface area contributed by atoms with E-state index in [1.165, 1.54) is 0 Å². The van der Waals surface area contributed by atoms with Gasteiger partial charge in [0.1, 0.15) is 5.78 Å². The molecule has 0 radical (unpaired) electrons. The molecule has 2 unspecified atom stereocenters. The van der Waals surface area contributed by atoms with Crippen LogP contribution < -0.4 is 11.0 Å². The van der Waals surface area contributed by atoms with Crippen molar-refractivity contribution < 1.29 is 4.79 Å². The third-order valence-corrected chi connectivity index (χ3v) is 8.12. The highest BCUT2D eigenvalue weighted by atomic mass is 16.2. The average molecular weight is 516 g/mol. The van der Waals surface area contributed by atoms with Crippen LogP contribution in [0.25, 0.3) is 11.4 Å². The number of aromatic amines is 1. The highest BCUT2D eigenvalue weighted by Gasteiger charge is 2.34. The second-order valence-electron chi connectivity index (χ2n) is 10.6. The molecule has 1 fully saturated rings. The first-order valence-electron chi connectivity index (χ1n) is 13.8. The smallest absolute Gasteiger partial charge is 0.328 e. The third kappa shape index (κ3) is 5.14. The van der Waals surface area contributed by atoms with Crippen LogP contribution in [0.5, 0.6) is 0 Å². The molecule has 0 spiro atoms. The van der Waals surface area contributed by atoms with E-state index in [0.29, 0.717) is 12.4 Å². The van der Waals surface area contributed by atoms with Gasteiger partial charge in [-0.3, -0.25) is 13.9 Å². The maximum absolute atomic E-state index is 14.2. The molecule has 3 heterocycles. The maximum Gasteiger partial charge on any atom is 0.328 e. The topological polar surface area (TPSA) is 110 Å². The first-order chi connectivity index (χ1) is 18.5. The first-order valence-corrected chi connectivity index (χ1v) is 13.8. The van der Waals surface area contributed by atoms with Gasteiger partial charge in [-0.2, -0.15) is 0 Å². The number of aromatic nitrogens is 6. The van der Waals surface area contributed by atoms with Crippen LogP contribution in [-0.4, -0.2) is 35.5 Å². The van der Waals surface area contributed by atoms with E-state index in [1.807, 2.05) is 39.9 Å². The lowest BCUT2D eigenvalue weighted by atomic mass is 9.78. The van der Waals surface area contributed by atoms with E-state index in [2.05, 4.69) is 57.1 Å². The Morgan fingerprint density at radius 2 is 1.97 bits per heavy atom. The van der Waals surface area contributed by atoms with Crippen molar-refractivity contribution in [1.82, 2.24) is 35.1 Å². The molecule has 1 aliphatic carbocycles. The molecule has 2 aliphatic rings. The predicted molar refractivity (Wildman–Crippen MR) is 146 cm³/mol. The van der Waals surface area contributed by atoms with Gasteiger partial charge in [0.05, 0.1) is 5.41 Å². The summed E-state index contributed by atoms with van der Waals surface area (Å²) in [6.45, 7) is 4.31. The fourth-order valence-electron chi connectivity index (χ4n) is 6.00. The Kier molecular flexibility index (Phi) is 7.72. The van der Waals surface area contributed by atoms with Gasteiger partial charge in [0.15, 0.2) is 5.82 Å². The van der Waals surface area contributed by atoms with Crippen LogP contribution in [-0.2, 0) is 23.2 Å². The number of hydrogen-bond donors (Lipinski definition) is 2. The third-order valence-electron chi connectivity index (χ3n) is 8.12. The summed E-state index contributed by atoms with van der Waals surface area (Å²) in [5.41, 5.74) is 2.38. The lowest BCUT2D eigenvalue weighted by molar-refractivity contribution is -0.122. The number of nitrogens with zero attached hydrogens (tertiary/aromatic N) is 5. The lowest BCUT2D eigenvalue weighted by Crippen LogP contribution is -2.38. The summed E-state index contributed by atoms with van der Waals surface area (Å²) in [4.78, 5) is 26.8. The summed E-state index contributed by atoms with van der Waals surface area (Å²) in [5.74, 6) is 0.676. The van der Waals surface area contributed by atoms with E-state index < -0.39 is 5.41 Å². The van der Waals surface area contributed by atoms with E-state index in [9.17, 15) is 9.59 Å². The number of rotatable bonds is 9. The summed E-state index contributed by atoms with van der Waals surface area (Å²) in [7, 11) is 0. The van der Waals surface area contributed by atoms with E-state index >= 15 is 0 Å². The Balaban J connectivity index is 1.59. The van der Waals surface area contributed by atoms with Crippen molar-refractivity contribution in [2.24, 2.45) is 5.92 Å². The number of hydrogen-bond acceptors (Lipinski definition) is 6. The van der Waals surface area contributed by atoms with Gasteiger partial charge in [0.2, 0.25) is 0 Å². The van der Waals surface area contributed by atoms with Crippen LogP contribution in [0.3, 0.4) is 0 Å². The quantitative estimate of drug-likeness (QED) is 0.408.